The van der Waals surface area contributed by atoms with Crippen LogP contribution in [0.25, 0.3) is 11.4 Å². The fourth-order valence-electron chi connectivity index (χ4n) is 1.27. The summed E-state index contributed by atoms with van der Waals surface area (Å²) in [6.45, 7) is 0. The molecule has 0 unspecified atom stereocenters. The van der Waals surface area contributed by atoms with Crippen molar-refractivity contribution in [2.45, 2.75) is 0 Å². The molecule has 80 valence electrons. The van der Waals surface area contributed by atoms with Gasteiger partial charge in [-0.15, -0.1) is 0 Å². The predicted octanol–water partition coefficient (Wildman–Crippen LogP) is 2.60. The van der Waals surface area contributed by atoms with Crippen molar-refractivity contribution in [3.63, 3.8) is 0 Å². The van der Waals surface area contributed by atoms with Crippen molar-refractivity contribution in [1.82, 2.24) is 9.97 Å². The van der Waals surface area contributed by atoms with Crippen LogP contribution in [0.5, 0.6) is 0 Å². The molecule has 0 spiro atoms. The molecule has 0 aliphatic heterocycles. The lowest BCUT2D eigenvalue weighted by Gasteiger charge is -2.02. The molecule has 0 bridgehead atoms. The van der Waals surface area contributed by atoms with Gasteiger partial charge in [0.2, 0.25) is 0 Å². The summed E-state index contributed by atoms with van der Waals surface area (Å²) in [6, 6.07) is 8.34. The highest BCUT2D eigenvalue weighted by molar-refractivity contribution is 9.10. The second-order valence-corrected chi connectivity index (χ2v) is 3.90. The molecule has 2 aromatic heterocycles. The van der Waals surface area contributed by atoms with Gasteiger partial charge in [0.05, 0.1) is 17.0 Å². The Hall–Kier alpha value is -1.75. The number of rotatable bonds is 2. The van der Waals surface area contributed by atoms with Crippen LogP contribution in [0.1, 0.15) is 10.4 Å². The topological polar surface area (TPSA) is 63.1 Å². The van der Waals surface area contributed by atoms with Crippen molar-refractivity contribution < 1.29 is 9.90 Å². The molecule has 1 N–H and O–H groups in total. The first kappa shape index (κ1) is 10.8. The minimum absolute atomic E-state index is 0.183. The Bertz CT molecular complexity index is 529. The average Bonchev–Trinajstić information content (AvgIpc) is 2.29. The lowest BCUT2D eigenvalue weighted by molar-refractivity contribution is 0.0696. The zero-order valence-corrected chi connectivity index (χ0v) is 9.68. The number of carboxylic acids is 1. The molecule has 0 saturated heterocycles. The molecule has 4 nitrogen and oxygen atoms in total. The lowest BCUT2D eigenvalue weighted by Crippen LogP contribution is -1.98. The van der Waals surface area contributed by atoms with Gasteiger partial charge in [-0.2, -0.15) is 0 Å². The first-order valence-electron chi connectivity index (χ1n) is 4.49. The Labute approximate surface area is 100 Å². The van der Waals surface area contributed by atoms with Crippen molar-refractivity contribution in [1.29, 1.82) is 0 Å². The first-order chi connectivity index (χ1) is 7.66. The highest BCUT2D eigenvalue weighted by Crippen LogP contribution is 2.19. The standard InChI is InChI=1S/C11H7BrN2O2/c12-10-6-7(11(15)16)5-9(14-10)8-3-1-2-4-13-8/h1-6H,(H,15,16). The first-order valence-corrected chi connectivity index (χ1v) is 5.28. The molecule has 16 heavy (non-hydrogen) atoms. The number of aromatic carboxylic acids is 1. The smallest absolute Gasteiger partial charge is 0.335 e. The number of nitrogens with zero attached hydrogens (tertiary/aromatic N) is 2. The number of carbonyl (C=O) groups is 1. The van der Waals surface area contributed by atoms with E-state index in [1.165, 1.54) is 12.1 Å². The van der Waals surface area contributed by atoms with Crippen molar-refractivity contribution in [2.75, 3.05) is 0 Å². The zero-order valence-electron chi connectivity index (χ0n) is 8.09. The number of aromatic nitrogens is 2. The van der Waals surface area contributed by atoms with Gasteiger partial charge < -0.3 is 5.11 Å². The molecule has 0 aromatic carbocycles. The van der Waals surface area contributed by atoms with Crippen LogP contribution in [0.3, 0.4) is 0 Å². The fourth-order valence-corrected chi connectivity index (χ4v) is 1.70. The summed E-state index contributed by atoms with van der Waals surface area (Å²) in [6.07, 6.45) is 1.64. The number of hydrogen-bond acceptors (Lipinski definition) is 3. The van der Waals surface area contributed by atoms with Crippen LogP contribution in [0.15, 0.2) is 41.1 Å². The number of hydrogen-bond donors (Lipinski definition) is 1. The van der Waals surface area contributed by atoms with Crippen molar-refractivity contribution in [3.05, 3.63) is 46.7 Å². The van der Waals surface area contributed by atoms with Crippen molar-refractivity contribution >= 4 is 21.9 Å². The van der Waals surface area contributed by atoms with Crippen molar-refractivity contribution in [3.8, 4) is 11.4 Å². The lowest BCUT2D eigenvalue weighted by atomic mass is 10.2. The molecule has 5 heteroatoms. The fraction of sp³-hybridized carbons (Fsp3) is 0. The summed E-state index contributed by atoms with van der Waals surface area (Å²) in [4.78, 5) is 19.2. The molecule has 0 aliphatic rings. The van der Waals surface area contributed by atoms with E-state index in [1.807, 2.05) is 6.07 Å². The maximum Gasteiger partial charge on any atom is 0.335 e. The number of halogens is 1. The minimum Gasteiger partial charge on any atom is -0.478 e. The summed E-state index contributed by atoms with van der Waals surface area (Å²) in [5.41, 5.74) is 1.36. The summed E-state index contributed by atoms with van der Waals surface area (Å²) >= 11 is 3.18. The van der Waals surface area contributed by atoms with Gasteiger partial charge in [-0.1, -0.05) is 6.07 Å². The molecule has 0 aliphatic carbocycles. The Morgan fingerprint density at radius 1 is 1.25 bits per heavy atom. The van der Waals surface area contributed by atoms with Gasteiger partial charge in [0.25, 0.3) is 0 Å². The number of pyridine rings is 2. The van der Waals surface area contributed by atoms with Gasteiger partial charge in [-0.05, 0) is 40.2 Å². The third-order valence-electron chi connectivity index (χ3n) is 1.97. The highest BCUT2D eigenvalue weighted by Gasteiger charge is 2.08. The maximum atomic E-state index is 10.9. The molecular formula is C11H7BrN2O2. The third-order valence-corrected chi connectivity index (χ3v) is 2.37. The molecule has 0 atom stereocenters. The Morgan fingerprint density at radius 2 is 2.06 bits per heavy atom. The summed E-state index contributed by atoms with van der Waals surface area (Å²) in [5, 5.41) is 8.91. The van der Waals surface area contributed by atoms with E-state index in [1.54, 1.807) is 18.3 Å². The monoisotopic (exact) mass is 278 g/mol. The molecule has 0 radical (unpaired) electrons. The highest BCUT2D eigenvalue weighted by atomic mass is 79.9. The SMILES string of the molecule is O=C(O)c1cc(Br)nc(-c2ccccn2)c1. The quantitative estimate of drug-likeness (QED) is 0.858. The van der Waals surface area contributed by atoms with Gasteiger partial charge in [0.1, 0.15) is 4.60 Å². The van der Waals surface area contributed by atoms with E-state index in [9.17, 15) is 4.79 Å². The third kappa shape index (κ3) is 2.25. The predicted molar refractivity (Wildman–Crippen MR) is 62.1 cm³/mol. The second kappa shape index (κ2) is 4.40. The summed E-state index contributed by atoms with van der Waals surface area (Å²) < 4.78 is 0.480. The van der Waals surface area contributed by atoms with E-state index in [-0.39, 0.29) is 5.56 Å². The molecule has 0 amide bonds. The van der Waals surface area contributed by atoms with Crippen LogP contribution >= 0.6 is 15.9 Å². The Balaban J connectivity index is 2.54. The van der Waals surface area contributed by atoms with Crippen LogP contribution in [0.4, 0.5) is 0 Å². The van der Waals surface area contributed by atoms with Gasteiger partial charge in [-0.25, -0.2) is 9.78 Å². The van der Waals surface area contributed by atoms with E-state index in [0.29, 0.717) is 16.0 Å². The molecule has 2 aromatic rings. The normalized spacial score (nSPS) is 10.1. The van der Waals surface area contributed by atoms with Gasteiger partial charge >= 0.3 is 5.97 Å². The molecule has 2 rings (SSSR count). The van der Waals surface area contributed by atoms with Crippen LogP contribution in [-0.2, 0) is 0 Å². The van der Waals surface area contributed by atoms with Crippen LogP contribution in [0.2, 0.25) is 0 Å². The van der Waals surface area contributed by atoms with E-state index < -0.39 is 5.97 Å². The van der Waals surface area contributed by atoms with Gasteiger partial charge in [0.15, 0.2) is 0 Å². The average molecular weight is 279 g/mol. The molecule has 0 saturated carbocycles. The van der Waals surface area contributed by atoms with E-state index in [0.717, 1.165) is 0 Å². The zero-order chi connectivity index (χ0) is 11.5. The molecule has 0 fully saturated rings. The molecular weight excluding hydrogens is 272 g/mol. The van der Waals surface area contributed by atoms with E-state index in [2.05, 4.69) is 25.9 Å². The second-order valence-electron chi connectivity index (χ2n) is 3.08. The number of carboxylic acid groups (broad SMARTS) is 1. The van der Waals surface area contributed by atoms with Crippen LogP contribution in [-0.4, -0.2) is 21.0 Å². The maximum absolute atomic E-state index is 10.9. The molecule has 2 heterocycles. The van der Waals surface area contributed by atoms with Gasteiger partial charge in [0, 0.05) is 6.20 Å². The largest absolute Gasteiger partial charge is 0.478 e. The van der Waals surface area contributed by atoms with Crippen LogP contribution in [0, 0.1) is 0 Å². The van der Waals surface area contributed by atoms with Crippen LogP contribution < -0.4 is 0 Å². The van der Waals surface area contributed by atoms with Crippen molar-refractivity contribution in [2.24, 2.45) is 0 Å². The summed E-state index contributed by atoms with van der Waals surface area (Å²) in [5.74, 6) is -0.986. The van der Waals surface area contributed by atoms with E-state index in [4.69, 9.17) is 5.11 Å². The van der Waals surface area contributed by atoms with Gasteiger partial charge in [-0.3, -0.25) is 4.98 Å². The summed E-state index contributed by atoms with van der Waals surface area (Å²) in [7, 11) is 0. The van der Waals surface area contributed by atoms with E-state index >= 15 is 0 Å². The Morgan fingerprint density at radius 3 is 2.69 bits per heavy atom. The minimum atomic E-state index is -0.986. The Kier molecular flexibility index (Phi) is 2.96.